The highest BCUT2D eigenvalue weighted by molar-refractivity contribution is 6.01. The largest absolute Gasteiger partial charge is 0.492 e. The van der Waals surface area contributed by atoms with Gasteiger partial charge in [0.2, 0.25) is 0 Å². The Labute approximate surface area is 177 Å². The number of carbonyl (C=O) groups is 2. The van der Waals surface area contributed by atoms with E-state index in [1.807, 2.05) is 19.9 Å². The molecule has 3 heterocycles. The van der Waals surface area contributed by atoms with Gasteiger partial charge in [-0.05, 0) is 30.4 Å². The topological polar surface area (TPSA) is 108 Å². The van der Waals surface area contributed by atoms with Gasteiger partial charge in [0, 0.05) is 18.2 Å². The number of urea groups is 1. The molecule has 0 bridgehead atoms. The van der Waals surface area contributed by atoms with Crippen molar-refractivity contribution < 1.29 is 23.1 Å². The lowest BCUT2D eigenvalue weighted by Gasteiger charge is -2.29. The normalized spacial score (nSPS) is 13.0. The summed E-state index contributed by atoms with van der Waals surface area (Å²) in [6.07, 6.45) is -0.267. The van der Waals surface area contributed by atoms with Crippen LogP contribution in [0.5, 0.6) is 5.75 Å². The maximum absolute atomic E-state index is 13.2. The molecule has 1 aliphatic rings. The summed E-state index contributed by atoms with van der Waals surface area (Å²) >= 11 is 0. The van der Waals surface area contributed by atoms with Crippen LogP contribution in [0.25, 0.3) is 0 Å². The number of aromatic nitrogens is 2. The second kappa shape index (κ2) is 9.47. The number of pyridine rings is 2. The molecule has 3 rings (SSSR count). The molecular formula is C21H21F2N5O3. The number of rotatable bonds is 6. The van der Waals surface area contributed by atoms with Crippen molar-refractivity contribution >= 4 is 24.0 Å². The van der Waals surface area contributed by atoms with Gasteiger partial charge in [0.15, 0.2) is 6.29 Å². The fourth-order valence-electron chi connectivity index (χ4n) is 3.14. The zero-order valence-corrected chi connectivity index (χ0v) is 17.1. The zero-order chi connectivity index (χ0) is 22.5. The number of hydrogen-bond acceptors (Lipinski definition) is 6. The Balaban J connectivity index is 1.86. The first-order valence-electron chi connectivity index (χ1n) is 9.72. The van der Waals surface area contributed by atoms with Crippen LogP contribution >= 0.6 is 0 Å². The second-order valence-electron chi connectivity index (χ2n) is 7.43. The minimum Gasteiger partial charge on any atom is -0.492 e. The van der Waals surface area contributed by atoms with Crippen molar-refractivity contribution in [1.29, 1.82) is 5.26 Å². The van der Waals surface area contributed by atoms with E-state index in [4.69, 9.17) is 4.74 Å². The molecule has 8 nitrogen and oxygen atoms in total. The summed E-state index contributed by atoms with van der Waals surface area (Å²) in [6, 6.07) is 4.09. The van der Waals surface area contributed by atoms with Gasteiger partial charge in [-0.25, -0.2) is 23.5 Å². The summed E-state index contributed by atoms with van der Waals surface area (Å²) in [5, 5.41) is 11.8. The smallest absolute Gasteiger partial charge is 0.328 e. The number of nitriles is 1. The predicted molar refractivity (Wildman–Crippen MR) is 109 cm³/mol. The van der Waals surface area contributed by atoms with Crippen LogP contribution in [0.2, 0.25) is 0 Å². The first-order chi connectivity index (χ1) is 14.8. The van der Waals surface area contributed by atoms with E-state index in [0.29, 0.717) is 37.3 Å². The molecule has 2 amide bonds. The lowest BCUT2D eigenvalue weighted by Crippen LogP contribution is -2.39. The molecule has 2 aromatic heterocycles. The van der Waals surface area contributed by atoms with Gasteiger partial charge < -0.3 is 4.74 Å². The second-order valence-corrected chi connectivity index (χ2v) is 7.43. The fraction of sp³-hybridized carbons (Fsp3) is 0.381. The summed E-state index contributed by atoms with van der Waals surface area (Å²) in [5.41, 5.74) is -0.138. The number of aryl methyl sites for hydroxylation is 1. The highest BCUT2D eigenvalue weighted by Gasteiger charge is 2.28. The third kappa shape index (κ3) is 4.94. The highest BCUT2D eigenvalue weighted by Crippen LogP contribution is 2.31. The van der Waals surface area contributed by atoms with Crippen molar-refractivity contribution in [2.75, 3.05) is 23.4 Å². The van der Waals surface area contributed by atoms with Gasteiger partial charge in [0.1, 0.15) is 34.7 Å². The average molecular weight is 429 g/mol. The van der Waals surface area contributed by atoms with E-state index < -0.39 is 23.7 Å². The molecule has 0 unspecified atom stereocenters. The molecule has 0 aliphatic carbocycles. The Morgan fingerprint density at radius 3 is 2.84 bits per heavy atom. The molecular weight excluding hydrogens is 408 g/mol. The van der Waals surface area contributed by atoms with Crippen molar-refractivity contribution in [2.45, 2.75) is 33.1 Å². The summed E-state index contributed by atoms with van der Waals surface area (Å²) in [6.45, 7) is 4.61. The van der Waals surface area contributed by atoms with E-state index in [2.05, 4.69) is 15.3 Å². The van der Waals surface area contributed by atoms with Crippen LogP contribution in [0.15, 0.2) is 18.3 Å². The van der Waals surface area contributed by atoms with Crippen LogP contribution in [0.4, 0.5) is 25.2 Å². The van der Waals surface area contributed by atoms with Crippen molar-refractivity contribution in [3.63, 3.8) is 0 Å². The van der Waals surface area contributed by atoms with Crippen LogP contribution in [0, 0.1) is 17.2 Å². The molecule has 0 spiro atoms. The van der Waals surface area contributed by atoms with Crippen molar-refractivity contribution in [2.24, 2.45) is 5.92 Å². The lowest BCUT2D eigenvalue weighted by atomic mass is 10.0. The summed E-state index contributed by atoms with van der Waals surface area (Å²) in [7, 11) is 0. The zero-order valence-electron chi connectivity index (χ0n) is 17.1. The first-order valence-corrected chi connectivity index (χ1v) is 9.72. The maximum atomic E-state index is 13.2. The Kier molecular flexibility index (Phi) is 6.74. The standard InChI is InChI=1S/C21H21F2N5O3/c1-12(2)11-31-17-7-18(25-9-14(17)8-24)27-21(30)28-5-3-4-13-6-15(19(22)23)16(10-29)26-20(13)28/h6-7,9-10,12,19H,3-5,11H2,1-2H3,(H,25,27,30). The molecule has 0 saturated carbocycles. The molecule has 1 N–H and O–H groups in total. The Morgan fingerprint density at radius 2 is 2.19 bits per heavy atom. The fourth-order valence-corrected chi connectivity index (χ4v) is 3.14. The monoisotopic (exact) mass is 429 g/mol. The minimum absolute atomic E-state index is 0.162. The molecule has 0 atom stereocenters. The molecule has 162 valence electrons. The summed E-state index contributed by atoms with van der Waals surface area (Å²) in [5.74, 6) is 0.858. The predicted octanol–water partition coefficient (Wildman–Crippen LogP) is 4.12. The quantitative estimate of drug-likeness (QED) is 0.692. The number of amides is 2. The number of carbonyl (C=O) groups excluding carboxylic acids is 2. The van der Waals surface area contributed by atoms with Crippen molar-refractivity contribution in [3.05, 3.63) is 40.7 Å². The average Bonchev–Trinajstić information content (AvgIpc) is 2.76. The minimum atomic E-state index is -2.84. The van der Waals surface area contributed by atoms with Gasteiger partial charge in [-0.2, -0.15) is 5.26 Å². The number of nitrogens with zero attached hydrogens (tertiary/aromatic N) is 4. The molecule has 2 aromatic rings. The molecule has 31 heavy (non-hydrogen) atoms. The number of alkyl halides is 2. The van der Waals surface area contributed by atoms with Crippen molar-refractivity contribution in [3.8, 4) is 11.8 Å². The molecule has 0 saturated heterocycles. The van der Waals surface area contributed by atoms with Gasteiger partial charge in [-0.1, -0.05) is 13.8 Å². The number of hydrogen-bond donors (Lipinski definition) is 1. The van der Waals surface area contributed by atoms with Gasteiger partial charge in [0.05, 0.1) is 12.8 Å². The van der Waals surface area contributed by atoms with Crippen LogP contribution in [0.1, 0.15) is 53.9 Å². The van der Waals surface area contributed by atoms with Crippen LogP contribution < -0.4 is 15.0 Å². The highest BCUT2D eigenvalue weighted by atomic mass is 19.3. The van der Waals surface area contributed by atoms with Crippen LogP contribution in [-0.4, -0.2) is 35.4 Å². The van der Waals surface area contributed by atoms with E-state index in [9.17, 15) is 23.6 Å². The van der Waals surface area contributed by atoms with E-state index >= 15 is 0 Å². The molecule has 10 heteroatoms. The maximum Gasteiger partial charge on any atom is 0.328 e. The summed E-state index contributed by atoms with van der Waals surface area (Å²) < 4.78 is 32.0. The van der Waals surface area contributed by atoms with Crippen LogP contribution in [-0.2, 0) is 6.42 Å². The van der Waals surface area contributed by atoms with Gasteiger partial charge in [-0.3, -0.25) is 15.0 Å². The number of halogens is 2. The molecule has 1 aliphatic heterocycles. The Bertz CT molecular complexity index is 1040. The number of anilines is 2. The van der Waals surface area contributed by atoms with Crippen LogP contribution in [0.3, 0.4) is 0 Å². The number of nitrogens with one attached hydrogen (secondary N) is 1. The van der Waals surface area contributed by atoms with Gasteiger partial charge >= 0.3 is 6.03 Å². The third-order valence-corrected chi connectivity index (χ3v) is 4.61. The molecule has 0 fully saturated rings. The first kappa shape index (κ1) is 22.1. The van der Waals surface area contributed by atoms with Gasteiger partial charge in [-0.15, -0.1) is 0 Å². The van der Waals surface area contributed by atoms with E-state index in [1.54, 1.807) is 0 Å². The number of fused-ring (bicyclic) bond motifs is 1. The molecule has 0 aromatic carbocycles. The number of ether oxygens (including phenoxy) is 1. The summed E-state index contributed by atoms with van der Waals surface area (Å²) in [4.78, 5) is 33.5. The third-order valence-electron chi connectivity index (χ3n) is 4.61. The van der Waals surface area contributed by atoms with E-state index in [1.165, 1.54) is 23.2 Å². The lowest BCUT2D eigenvalue weighted by molar-refractivity contribution is 0.110. The van der Waals surface area contributed by atoms with Gasteiger partial charge in [0.25, 0.3) is 6.43 Å². The van der Waals surface area contributed by atoms with Crippen molar-refractivity contribution in [1.82, 2.24) is 9.97 Å². The number of aldehydes is 1. The van der Waals surface area contributed by atoms with E-state index in [-0.39, 0.29) is 29.4 Å². The van der Waals surface area contributed by atoms with E-state index in [0.717, 1.165) is 0 Å². The SMILES string of the molecule is CC(C)COc1cc(NC(=O)N2CCCc3cc(C(F)F)c(C=O)nc32)ncc1C#N. The molecule has 0 radical (unpaired) electrons. The Morgan fingerprint density at radius 1 is 1.42 bits per heavy atom. The Hall–Kier alpha value is -3.61.